The third-order valence-electron chi connectivity index (χ3n) is 3.93. The first-order valence-corrected chi connectivity index (χ1v) is 7.67. The van der Waals surface area contributed by atoms with Crippen LogP contribution in [0.1, 0.15) is 31.6 Å². The van der Waals surface area contributed by atoms with Crippen LogP contribution in [-0.2, 0) is 10.3 Å². The van der Waals surface area contributed by atoms with E-state index in [-0.39, 0.29) is 5.91 Å². The number of carbonyl (C=O) groups is 1. The molecule has 0 spiro atoms. The molecule has 2 N–H and O–H groups in total. The van der Waals surface area contributed by atoms with Gasteiger partial charge in [-0.25, -0.2) is 0 Å². The standard InChI is InChI=1S/C15H22N2OS/c1-12(2)15(16,13-6-5-11-19-13)8-7-14(18)17-9-3-4-10-17/h3-6,11-12H,7-10,16H2,1-2H3. The summed E-state index contributed by atoms with van der Waals surface area (Å²) in [7, 11) is 0. The Morgan fingerprint density at radius 1 is 1.47 bits per heavy atom. The van der Waals surface area contributed by atoms with Crippen molar-refractivity contribution in [3.05, 3.63) is 34.5 Å². The zero-order valence-corrected chi connectivity index (χ0v) is 12.5. The number of carbonyl (C=O) groups excluding carboxylic acids is 1. The smallest absolute Gasteiger partial charge is 0.223 e. The molecule has 2 rings (SSSR count). The van der Waals surface area contributed by atoms with Gasteiger partial charge in [-0.15, -0.1) is 11.3 Å². The molecule has 1 atom stereocenters. The van der Waals surface area contributed by atoms with E-state index in [1.54, 1.807) is 11.3 Å². The summed E-state index contributed by atoms with van der Waals surface area (Å²) in [6.07, 6.45) is 5.30. The minimum absolute atomic E-state index is 0.206. The molecule has 1 aliphatic rings. The highest BCUT2D eigenvalue weighted by Gasteiger charge is 2.33. The van der Waals surface area contributed by atoms with Crippen molar-refractivity contribution in [3.63, 3.8) is 0 Å². The van der Waals surface area contributed by atoms with Gasteiger partial charge >= 0.3 is 0 Å². The topological polar surface area (TPSA) is 46.3 Å². The average Bonchev–Trinajstić information content (AvgIpc) is 3.06. The van der Waals surface area contributed by atoms with Gasteiger partial charge in [-0.05, 0) is 23.8 Å². The lowest BCUT2D eigenvalue weighted by molar-refractivity contribution is -0.130. The van der Waals surface area contributed by atoms with Crippen LogP contribution in [0.15, 0.2) is 29.7 Å². The highest BCUT2D eigenvalue weighted by atomic mass is 32.1. The Morgan fingerprint density at radius 3 is 2.68 bits per heavy atom. The number of rotatable bonds is 5. The van der Waals surface area contributed by atoms with Crippen molar-refractivity contribution in [1.82, 2.24) is 4.90 Å². The Hall–Kier alpha value is -1.13. The van der Waals surface area contributed by atoms with Gasteiger partial charge < -0.3 is 10.6 Å². The summed E-state index contributed by atoms with van der Waals surface area (Å²) < 4.78 is 0. The van der Waals surface area contributed by atoms with Crippen molar-refractivity contribution >= 4 is 17.2 Å². The van der Waals surface area contributed by atoms with Crippen molar-refractivity contribution in [3.8, 4) is 0 Å². The molecule has 0 bridgehead atoms. The molecule has 104 valence electrons. The van der Waals surface area contributed by atoms with Gasteiger partial charge in [-0.1, -0.05) is 32.1 Å². The van der Waals surface area contributed by atoms with Crippen LogP contribution in [0.4, 0.5) is 0 Å². The molecule has 0 aliphatic carbocycles. The van der Waals surface area contributed by atoms with E-state index in [1.807, 2.05) is 28.5 Å². The van der Waals surface area contributed by atoms with E-state index in [4.69, 9.17) is 5.73 Å². The lowest BCUT2D eigenvalue weighted by atomic mass is 9.81. The van der Waals surface area contributed by atoms with Crippen molar-refractivity contribution in [2.24, 2.45) is 11.7 Å². The molecule has 0 aromatic carbocycles. The molecule has 19 heavy (non-hydrogen) atoms. The summed E-state index contributed by atoms with van der Waals surface area (Å²) >= 11 is 1.68. The maximum Gasteiger partial charge on any atom is 0.223 e. The van der Waals surface area contributed by atoms with E-state index in [2.05, 4.69) is 19.9 Å². The van der Waals surface area contributed by atoms with E-state index in [0.29, 0.717) is 18.8 Å². The lowest BCUT2D eigenvalue weighted by Gasteiger charge is -2.33. The van der Waals surface area contributed by atoms with Crippen LogP contribution >= 0.6 is 11.3 Å². The summed E-state index contributed by atoms with van der Waals surface area (Å²) in [5, 5.41) is 2.05. The number of hydrogen-bond donors (Lipinski definition) is 1. The summed E-state index contributed by atoms with van der Waals surface area (Å²) in [6.45, 7) is 5.75. The van der Waals surface area contributed by atoms with Gasteiger partial charge in [0.15, 0.2) is 0 Å². The molecule has 0 saturated carbocycles. The zero-order chi connectivity index (χ0) is 13.9. The minimum Gasteiger partial charge on any atom is -0.335 e. The lowest BCUT2D eigenvalue weighted by Crippen LogP contribution is -2.42. The van der Waals surface area contributed by atoms with Crippen LogP contribution in [0.5, 0.6) is 0 Å². The van der Waals surface area contributed by atoms with Gasteiger partial charge in [0.05, 0.1) is 5.54 Å². The molecule has 0 fully saturated rings. The third kappa shape index (κ3) is 3.07. The average molecular weight is 278 g/mol. The van der Waals surface area contributed by atoms with Crippen molar-refractivity contribution in [2.45, 2.75) is 32.2 Å². The second kappa shape index (κ2) is 5.88. The van der Waals surface area contributed by atoms with E-state index in [9.17, 15) is 4.79 Å². The predicted molar refractivity (Wildman–Crippen MR) is 80.0 cm³/mol. The molecule has 0 saturated heterocycles. The Balaban J connectivity index is 2.00. The van der Waals surface area contributed by atoms with Crippen LogP contribution in [0.2, 0.25) is 0 Å². The summed E-state index contributed by atoms with van der Waals surface area (Å²) in [5.41, 5.74) is 6.19. The maximum atomic E-state index is 12.1. The van der Waals surface area contributed by atoms with Gasteiger partial charge in [0, 0.05) is 24.4 Å². The first-order valence-electron chi connectivity index (χ1n) is 6.79. The molecular formula is C15H22N2OS. The zero-order valence-electron chi connectivity index (χ0n) is 11.6. The Bertz CT molecular complexity index is 445. The van der Waals surface area contributed by atoms with Crippen LogP contribution in [-0.4, -0.2) is 23.9 Å². The second-order valence-electron chi connectivity index (χ2n) is 5.44. The molecule has 1 aromatic heterocycles. The first kappa shape index (κ1) is 14.3. The molecule has 0 radical (unpaired) electrons. The van der Waals surface area contributed by atoms with Crippen LogP contribution in [0.3, 0.4) is 0 Å². The normalized spacial score (nSPS) is 18.0. The quantitative estimate of drug-likeness (QED) is 0.842. The predicted octanol–water partition coefficient (Wildman–Crippen LogP) is 2.74. The minimum atomic E-state index is -0.392. The van der Waals surface area contributed by atoms with Gasteiger partial charge in [0.2, 0.25) is 5.91 Å². The van der Waals surface area contributed by atoms with Crippen molar-refractivity contribution < 1.29 is 4.79 Å². The highest BCUT2D eigenvalue weighted by molar-refractivity contribution is 7.10. The number of nitrogens with two attached hydrogens (primary N) is 1. The molecular weight excluding hydrogens is 256 g/mol. The SMILES string of the molecule is CC(C)C(N)(CCC(=O)N1CC=CC1)c1cccs1. The Morgan fingerprint density at radius 2 is 2.16 bits per heavy atom. The Kier molecular flexibility index (Phi) is 4.42. The summed E-state index contributed by atoms with van der Waals surface area (Å²) in [6, 6.07) is 4.10. The number of nitrogens with zero attached hydrogens (tertiary/aromatic N) is 1. The highest BCUT2D eigenvalue weighted by Crippen LogP contribution is 2.34. The largest absolute Gasteiger partial charge is 0.335 e. The summed E-state index contributed by atoms with van der Waals surface area (Å²) in [4.78, 5) is 15.2. The van der Waals surface area contributed by atoms with Crippen LogP contribution < -0.4 is 5.73 Å². The number of thiophene rings is 1. The van der Waals surface area contributed by atoms with E-state index in [1.165, 1.54) is 4.88 Å². The first-order chi connectivity index (χ1) is 9.04. The molecule has 1 amide bonds. The number of hydrogen-bond acceptors (Lipinski definition) is 3. The molecule has 3 nitrogen and oxygen atoms in total. The van der Waals surface area contributed by atoms with Gasteiger partial charge in [0.1, 0.15) is 0 Å². The fourth-order valence-electron chi connectivity index (χ4n) is 2.39. The van der Waals surface area contributed by atoms with Crippen molar-refractivity contribution in [1.29, 1.82) is 0 Å². The van der Waals surface area contributed by atoms with E-state index in [0.717, 1.165) is 13.1 Å². The maximum absolute atomic E-state index is 12.1. The fraction of sp³-hybridized carbons (Fsp3) is 0.533. The van der Waals surface area contributed by atoms with Crippen LogP contribution in [0, 0.1) is 5.92 Å². The second-order valence-corrected chi connectivity index (χ2v) is 6.39. The Labute approximate surface area is 119 Å². The van der Waals surface area contributed by atoms with Gasteiger partial charge in [-0.2, -0.15) is 0 Å². The number of amides is 1. The van der Waals surface area contributed by atoms with Gasteiger partial charge in [-0.3, -0.25) is 4.79 Å². The molecule has 1 aromatic rings. The molecule has 2 heterocycles. The molecule has 1 unspecified atom stereocenters. The van der Waals surface area contributed by atoms with E-state index < -0.39 is 5.54 Å². The van der Waals surface area contributed by atoms with Crippen molar-refractivity contribution in [2.75, 3.05) is 13.1 Å². The fourth-order valence-corrected chi connectivity index (χ4v) is 3.41. The van der Waals surface area contributed by atoms with E-state index >= 15 is 0 Å². The van der Waals surface area contributed by atoms with Gasteiger partial charge in [0.25, 0.3) is 0 Å². The summed E-state index contributed by atoms with van der Waals surface area (Å²) in [5.74, 6) is 0.521. The van der Waals surface area contributed by atoms with Crippen LogP contribution in [0.25, 0.3) is 0 Å². The monoisotopic (exact) mass is 278 g/mol. The third-order valence-corrected chi connectivity index (χ3v) is 5.00. The molecule has 1 aliphatic heterocycles. The molecule has 4 heteroatoms.